The molecule has 2 heterocycles. The largest absolute Gasteiger partial charge is 0.497 e. The Labute approximate surface area is 173 Å². The summed E-state index contributed by atoms with van der Waals surface area (Å²) in [5.41, 5.74) is 0.968. The van der Waals surface area contributed by atoms with E-state index in [4.69, 9.17) is 4.74 Å². The SMILES string of the molecule is COc1ccc(C(=O)C2CCN(C(=O)Cc3n[nH]c(=O)c4ccccc34)CC2)cc1. The molecule has 1 saturated heterocycles. The van der Waals surface area contributed by atoms with E-state index in [2.05, 4.69) is 10.2 Å². The van der Waals surface area contributed by atoms with Crippen LogP contribution in [0.1, 0.15) is 28.9 Å². The lowest BCUT2D eigenvalue weighted by molar-refractivity contribution is -0.131. The van der Waals surface area contributed by atoms with E-state index in [9.17, 15) is 14.4 Å². The number of aromatic nitrogens is 2. The number of methoxy groups -OCH3 is 1. The second-order valence-corrected chi connectivity index (χ2v) is 7.47. The Kier molecular flexibility index (Phi) is 5.61. The minimum absolute atomic E-state index is 0.0463. The van der Waals surface area contributed by atoms with Crippen LogP contribution in [-0.4, -0.2) is 47.0 Å². The molecular formula is C23H23N3O4. The van der Waals surface area contributed by atoms with Crippen molar-refractivity contribution < 1.29 is 14.3 Å². The van der Waals surface area contributed by atoms with Gasteiger partial charge in [0.2, 0.25) is 5.91 Å². The van der Waals surface area contributed by atoms with Gasteiger partial charge in [0.25, 0.3) is 5.56 Å². The molecule has 7 heteroatoms. The maximum atomic E-state index is 12.8. The van der Waals surface area contributed by atoms with Crippen molar-refractivity contribution in [3.8, 4) is 5.75 Å². The van der Waals surface area contributed by atoms with Gasteiger partial charge in [-0.25, -0.2) is 5.10 Å². The van der Waals surface area contributed by atoms with E-state index >= 15 is 0 Å². The van der Waals surface area contributed by atoms with Gasteiger partial charge in [0.15, 0.2) is 5.78 Å². The Morgan fingerprint density at radius 2 is 1.73 bits per heavy atom. The molecule has 1 aromatic heterocycles. The van der Waals surface area contributed by atoms with Gasteiger partial charge in [0.1, 0.15) is 5.75 Å². The first-order valence-electron chi connectivity index (χ1n) is 9.99. The van der Waals surface area contributed by atoms with E-state index < -0.39 is 0 Å². The first kappa shape index (κ1) is 19.8. The molecule has 1 N–H and O–H groups in total. The monoisotopic (exact) mass is 405 g/mol. The van der Waals surface area contributed by atoms with Crippen LogP contribution in [0.5, 0.6) is 5.75 Å². The quantitative estimate of drug-likeness (QED) is 0.659. The molecule has 0 spiro atoms. The highest BCUT2D eigenvalue weighted by atomic mass is 16.5. The minimum atomic E-state index is -0.264. The zero-order valence-corrected chi connectivity index (χ0v) is 16.8. The lowest BCUT2D eigenvalue weighted by atomic mass is 9.88. The van der Waals surface area contributed by atoms with Gasteiger partial charge in [-0.1, -0.05) is 18.2 Å². The number of H-pyrrole nitrogens is 1. The maximum Gasteiger partial charge on any atom is 0.272 e. The molecule has 4 rings (SSSR count). The van der Waals surface area contributed by atoms with Crippen molar-refractivity contribution in [2.75, 3.05) is 20.2 Å². The Morgan fingerprint density at radius 1 is 1.07 bits per heavy atom. The van der Waals surface area contributed by atoms with Crippen molar-refractivity contribution in [1.29, 1.82) is 0 Å². The standard InChI is InChI=1S/C23H23N3O4/c1-30-17-8-6-15(7-9-17)22(28)16-10-12-26(13-11-16)21(27)14-20-18-4-2-3-5-19(18)23(29)25-24-20/h2-9,16H,10-14H2,1H3,(H,25,29). The number of ketones is 1. The molecule has 0 unspecified atom stereocenters. The van der Waals surface area contributed by atoms with Crippen LogP contribution in [0.3, 0.4) is 0 Å². The number of rotatable bonds is 5. The number of ether oxygens (including phenoxy) is 1. The summed E-state index contributed by atoms with van der Waals surface area (Å²) in [4.78, 5) is 39.3. The zero-order chi connectivity index (χ0) is 21.1. The van der Waals surface area contributed by atoms with Gasteiger partial charge in [-0.2, -0.15) is 5.10 Å². The number of benzene rings is 2. The maximum absolute atomic E-state index is 12.8. The summed E-state index contributed by atoms with van der Waals surface area (Å²) in [6.45, 7) is 1.07. The first-order valence-corrected chi connectivity index (χ1v) is 9.99. The number of carbonyl (C=O) groups excluding carboxylic acids is 2. The van der Waals surface area contributed by atoms with Gasteiger partial charge in [-0.15, -0.1) is 0 Å². The molecule has 0 aliphatic carbocycles. The van der Waals surface area contributed by atoms with E-state index in [1.165, 1.54) is 0 Å². The van der Waals surface area contributed by atoms with Crippen LogP contribution >= 0.6 is 0 Å². The molecule has 0 saturated carbocycles. The summed E-state index contributed by atoms with van der Waals surface area (Å²) >= 11 is 0. The van der Waals surface area contributed by atoms with Crippen molar-refractivity contribution in [1.82, 2.24) is 15.1 Å². The van der Waals surface area contributed by atoms with E-state index in [1.807, 2.05) is 6.07 Å². The second kappa shape index (κ2) is 8.49. The van der Waals surface area contributed by atoms with Gasteiger partial charge in [-0.05, 0) is 43.2 Å². The second-order valence-electron chi connectivity index (χ2n) is 7.47. The van der Waals surface area contributed by atoms with Crippen LogP contribution in [0.2, 0.25) is 0 Å². The summed E-state index contributed by atoms with van der Waals surface area (Å²) in [7, 11) is 1.59. The average molecular weight is 405 g/mol. The van der Waals surface area contributed by atoms with Gasteiger partial charge >= 0.3 is 0 Å². The number of hydrogen-bond acceptors (Lipinski definition) is 5. The number of nitrogens with zero attached hydrogens (tertiary/aromatic N) is 2. The van der Waals surface area contributed by atoms with Crippen molar-refractivity contribution in [2.45, 2.75) is 19.3 Å². The van der Waals surface area contributed by atoms with Crippen molar-refractivity contribution in [3.05, 3.63) is 70.1 Å². The number of carbonyl (C=O) groups is 2. The van der Waals surface area contributed by atoms with Gasteiger partial charge in [0.05, 0.1) is 24.6 Å². The minimum Gasteiger partial charge on any atom is -0.497 e. The predicted molar refractivity (Wildman–Crippen MR) is 113 cm³/mol. The molecule has 1 aliphatic heterocycles. The lowest BCUT2D eigenvalue weighted by Crippen LogP contribution is -2.41. The van der Waals surface area contributed by atoms with Crippen molar-refractivity contribution in [2.24, 2.45) is 5.92 Å². The third-order valence-corrected chi connectivity index (χ3v) is 5.69. The zero-order valence-electron chi connectivity index (χ0n) is 16.8. The number of amides is 1. The van der Waals surface area contributed by atoms with Gasteiger partial charge < -0.3 is 9.64 Å². The molecule has 2 aromatic carbocycles. The number of nitrogens with one attached hydrogen (secondary N) is 1. The number of piperidine rings is 1. The Morgan fingerprint density at radius 3 is 2.40 bits per heavy atom. The molecule has 30 heavy (non-hydrogen) atoms. The van der Waals surface area contributed by atoms with Crippen molar-refractivity contribution >= 4 is 22.5 Å². The molecule has 3 aromatic rings. The van der Waals surface area contributed by atoms with Crippen LogP contribution in [0.25, 0.3) is 10.8 Å². The number of Topliss-reactive ketones (excluding diaryl/α,β-unsaturated/α-hetero) is 1. The summed E-state index contributed by atoms with van der Waals surface area (Å²) in [5, 5.41) is 7.78. The van der Waals surface area contributed by atoms with Crippen LogP contribution < -0.4 is 10.3 Å². The predicted octanol–water partition coefficient (Wildman–Crippen LogP) is 2.60. The van der Waals surface area contributed by atoms with E-state index in [0.29, 0.717) is 48.0 Å². The smallest absolute Gasteiger partial charge is 0.272 e. The van der Waals surface area contributed by atoms with E-state index in [0.717, 1.165) is 5.75 Å². The summed E-state index contributed by atoms with van der Waals surface area (Å²) in [5.74, 6) is 0.693. The fraction of sp³-hybridized carbons (Fsp3) is 0.304. The third-order valence-electron chi connectivity index (χ3n) is 5.69. The number of hydrogen-bond donors (Lipinski definition) is 1. The van der Waals surface area contributed by atoms with Crippen LogP contribution in [0.4, 0.5) is 0 Å². The average Bonchev–Trinajstić information content (AvgIpc) is 2.80. The molecule has 0 atom stereocenters. The highest BCUT2D eigenvalue weighted by Crippen LogP contribution is 2.24. The van der Waals surface area contributed by atoms with Crippen LogP contribution in [0.15, 0.2) is 53.3 Å². The summed E-state index contributed by atoms with van der Waals surface area (Å²) < 4.78 is 5.14. The molecule has 1 amide bonds. The summed E-state index contributed by atoms with van der Waals surface area (Å²) in [6, 6.07) is 14.3. The normalized spacial score (nSPS) is 14.6. The number of aromatic amines is 1. The molecule has 1 aliphatic rings. The lowest BCUT2D eigenvalue weighted by Gasteiger charge is -2.31. The highest BCUT2D eigenvalue weighted by Gasteiger charge is 2.28. The highest BCUT2D eigenvalue weighted by molar-refractivity contribution is 5.98. The third kappa shape index (κ3) is 3.96. The molecule has 0 radical (unpaired) electrons. The summed E-state index contributed by atoms with van der Waals surface area (Å²) in [6.07, 6.45) is 1.39. The number of fused-ring (bicyclic) bond motifs is 1. The van der Waals surface area contributed by atoms with E-state index in [1.54, 1.807) is 54.5 Å². The molecule has 0 bridgehead atoms. The Balaban J connectivity index is 1.39. The van der Waals surface area contributed by atoms with Gasteiger partial charge in [0, 0.05) is 30.0 Å². The fourth-order valence-electron chi connectivity index (χ4n) is 3.94. The van der Waals surface area contributed by atoms with E-state index in [-0.39, 0.29) is 29.6 Å². The molecular weight excluding hydrogens is 382 g/mol. The van der Waals surface area contributed by atoms with Crippen LogP contribution in [0, 0.1) is 5.92 Å². The topological polar surface area (TPSA) is 92.4 Å². The molecule has 1 fully saturated rings. The van der Waals surface area contributed by atoms with Crippen molar-refractivity contribution in [3.63, 3.8) is 0 Å². The molecule has 154 valence electrons. The fourth-order valence-corrected chi connectivity index (χ4v) is 3.94. The molecule has 7 nitrogen and oxygen atoms in total. The number of likely N-dealkylation sites (tertiary alicyclic amines) is 1. The van der Waals surface area contributed by atoms with Gasteiger partial charge in [-0.3, -0.25) is 14.4 Å². The first-order chi connectivity index (χ1) is 14.6. The Bertz CT molecular complexity index is 1130. The van der Waals surface area contributed by atoms with Crippen LogP contribution in [-0.2, 0) is 11.2 Å². The Hall–Kier alpha value is -3.48.